The second-order valence-corrected chi connectivity index (χ2v) is 25.8. The lowest BCUT2D eigenvalue weighted by atomic mass is 9.33. The Hall–Kier alpha value is -5.80. The Morgan fingerprint density at radius 1 is 0.397 bits per heavy atom. The van der Waals surface area contributed by atoms with Crippen LogP contribution in [0.5, 0.6) is 0 Å². The Morgan fingerprint density at radius 3 is 1.31 bits per heavy atom. The first-order valence-electron chi connectivity index (χ1n) is 25.4. The van der Waals surface area contributed by atoms with Crippen LogP contribution >= 0.6 is 0 Å². The quantitative estimate of drug-likeness (QED) is 0.162. The van der Waals surface area contributed by atoms with E-state index in [9.17, 15) is 0 Å². The van der Waals surface area contributed by atoms with Gasteiger partial charge in [-0.15, -0.1) is 0 Å². The summed E-state index contributed by atoms with van der Waals surface area (Å²) in [6.07, 6.45) is 2.23. The Balaban J connectivity index is 1.30. The van der Waals surface area contributed by atoms with E-state index >= 15 is 0 Å². The maximum Gasteiger partial charge on any atom is 0.252 e. The van der Waals surface area contributed by atoms with Gasteiger partial charge in [-0.05, 0) is 173 Å². The van der Waals surface area contributed by atoms with Gasteiger partial charge in [0.2, 0.25) is 0 Å². The van der Waals surface area contributed by atoms with E-state index in [1.54, 1.807) is 0 Å². The number of hydrogen-bond acceptors (Lipinski definition) is 2. The van der Waals surface area contributed by atoms with Gasteiger partial charge in [-0.2, -0.15) is 0 Å². The summed E-state index contributed by atoms with van der Waals surface area (Å²) in [6.45, 7) is 36.4. The van der Waals surface area contributed by atoms with Crippen molar-refractivity contribution in [1.29, 1.82) is 0 Å². The third kappa shape index (κ3) is 6.80. The molecule has 0 saturated carbocycles. The molecule has 2 nitrogen and oxygen atoms in total. The van der Waals surface area contributed by atoms with Crippen molar-refractivity contribution in [1.82, 2.24) is 0 Å². The molecule has 0 fully saturated rings. The van der Waals surface area contributed by atoms with Gasteiger partial charge in [-0.3, -0.25) is 0 Å². The van der Waals surface area contributed by atoms with Crippen LogP contribution in [-0.4, -0.2) is 6.71 Å². The first-order valence-corrected chi connectivity index (χ1v) is 25.4. The average Bonchev–Trinajstić information content (AvgIpc) is 3.58. The van der Waals surface area contributed by atoms with Gasteiger partial charge in [0, 0.05) is 34.0 Å². The lowest BCUT2D eigenvalue weighted by Crippen LogP contribution is -2.62. The smallest absolute Gasteiger partial charge is 0.252 e. The molecule has 0 spiro atoms. The second-order valence-electron chi connectivity index (χ2n) is 25.8. The molecule has 0 atom stereocenters. The van der Waals surface area contributed by atoms with Crippen LogP contribution in [0, 0.1) is 6.92 Å². The molecule has 3 heteroatoms. The molecular weight excluding hydrogens is 820 g/mol. The summed E-state index contributed by atoms with van der Waals surface area (Å²) in [6, 6.07) is 52.3. The van der Waals surface area contributed by atoms with Crippen LogP contribution in [0.2, 0.25) is 0 Å². The fraction of sp³-hybridized carbons (Fsp3) is 0.354. The van der Waals surface area contributed by atoms with Crippen molar-refractivity contribution in [3.63, 3.8) is 0 Å². The fourth-order valence-corrected chi connectivity index (χ4v) is 13.6. The molecule has 0 aromatic heterocycles. The van der Waals surface area contributed by atoms with Crippen molar-refractivity contribution in [3.8, 4) is 22.3 Å². The Morgan fingerprint density at radius 2 is 0.838 bits per heavy atom. The van der Waals surface area contributed by atoms with Gasteiger partial charge in [0.1, 0.15) is 0 Å². The van der Waals surface area contributed by atoms with E-state index in [1.807, 2.05) is 0 Å². The third-order valence-corrected chi connectivity index (χ3v) is 16.6. The van der Waals surface area contributed by atoms with Gasteiger partial charge in [-0.25, -0.2) is 0 Å². The minimum Gasteiger partial charge on any atom is -0.311 e. The van der Waals surface area contributed by atoms with Crippen molar-refractivity contribution < 1.29 is 0 Å². The predicted molar refractivity (Wildman–Crippen MR) is 295 cm³/mol. The lowest BCUT2D eigenvalue weighted by Gasteiger charge is -2.46. The van der Waals surface area contributed by atoms with Gasteiger partial charge in [-0.1, -0.05) is 182 Å². The maximum atomic E-state index is 2.71. The highest BCUT2D eigenvalue weighted by atomic mass is 15.2. The van der Waals surface area contributed by atoms with E-state index in [1.165, 1.54) is 112 Å². The van der Waals surface area contributed by atoms with Crippen molar-refractivity contribution in [3.05, 3.63) is 172 Å². The maximum absolute atomic E-state index is 2.71. The summed E-state index contributed by atoms with van der Waals surface area (Å²) in [5, 5.41) is 0. The van der Waals surface area contributed by atoms with Crippen LogP contribution in [0.4, 0.5) is 34.1 Å². The van der Waals surface area contributed by atoms with Crippen molar-refractivity contribution in [2.45, 2.75) is 149 Å². The van der Waals surface area contributed by atoms with Gasteiger partial charge in [0.05, 0.1) is 5.69 Å². The van der Waals surface area contributed by atoms with E-state index < -0.39 is 0 Å². The first kappa shape index (κ1) is 44.7. The van der Waals surface area contributed by atoms with Gasteiger partial charge in [0.15, 0.2) is 0 Å². The fourth-order valence-electron chi connectivity index (χ4n) is 13.6. The molecule has 0 radical (unpaired) electrons. The standard InChI is InChI=1S/C65H71BN2/c1-40-30-43(41-22-18-16-19-23-41)26-28-53(40)67-55-36-49-47(62(8,9)38-64(49,12)13)34-51(55)66-52-35-48-50(65(14,15)39-63(48,10)11)37-56(52)68(58-33-45(61(5,6)7)32-57(67)59(58)66)54-29-27-44(60(2,3)4)31-46(54)42-24-20-17-21-25-42/h16-37H,38-39H2,1-15H3. The summed E-state index contributed by atoms with van der Waals surface area (Å²) in [4.78, 5) is 5.40. The van der Waals surface area contributed by atoms with Crippen molar-refractivity contribution in [2.75, 3.05) is 9.80 Å². The zero-order chi connectivity index (χ0) is 48.2. The SMILES string of the molecule is Cc1cc(-c2ccccc2)ccc1N1c2cc3c(cc2B2c4cc5c(cc4N(c4ccc(C(C)(C)C)cc4-c4ccccc4)c4cc(C(C)(C)C)cc1c42)C(C)(C)CC5(C)C)C(C)(C)CC3(C)C. The predicted octanol–water partition coefficient (Wildman–Crippen LogP) is 15.9. The van der Waals surface area contributed by atoms with Crippen molar-refractivity contribution >= 4 is 57.2 Å². The molecule has 2 aliphatic heterocycles. The lowest BCUT2D eigenvalue weighted by molar-refractivity contribution is 0.403. The van der Waals surface area contributed by atoms with Gasteiger partial charge in [0.25, 0.3) is 6.71 Å². The molecule has 344 valence electrons. The molecule has 0 saturated heterocycles. The molecule has 0 N–H and O–H groups in total. The van der Waals surface area contributed by atoms with Crippen LogP contribution in [0.3, 0.4) is 0 Å². The zero-order valence-electron chi connectivity index (χ0n) is 43.6. The van der Waals surface area contributed by atoms with Crippen LogP contribution in [0.15, 0.2) is 133 Å². The number of rotatable bonds is 4. The Labute approximate surface area is 408 Å². The topological polar surface area (TPSA) is 6.48 Å². The monoisotopic (exact) mass is 891 g/mol. The Kier molecular flexibility index (Phi) is 9.61. The summed E-state index contributed by atoms with van der Waals surface area (Å²) >= 11 is 0. The average molecular weight is 891 g/mol. The van der Waals surface area contributed by atoms with E-state index in [0.29, 0.717) is 0 Å². The van der Waals surface area contributed by atoms with E-state index in [2.05, 4.69) is 247 Å². The summed E-state index contributed by atoms with van der Waals surface area (Å²) < 4.78 is 0. The van der Waals surface area contributed by atoms with Crippen LogP contribution < -0.4 is 26.2 Å². The van der Waals surface area contributed by atoms with Crippen LogP contribution in [-0.2, 0) is 32.5 Å². The van der Waals surface area contributed by atoms with Crippen LogP contribution in [0.25, 0.3) is 22.3 Å². The number of fused-ring (bicyclic) bond motifs is 6. The number of nitrogens with zero attached hydrogens (tertiary/aromatic N) is 2. The first-order chi connectivity index (χ1) is 31.9. The number of hydrogen-bond donors (Lipinski definition) is 0. The highest BCUT2D eigenvalue weighted by molar-refractivity contribution is 7.00. The number of benzene rings is 7. The molecule has 7 aromatic carbocycles. The minimum absolute atomic E-state index is 0.0184. The minimum atomic E-state index is -0.128. The largest absolute Gasteiger partial charge is 0.311 e. The molecule has 2 heterocycles. The molecule has 0 amide bonds. The zero-order valence-corrected chi connectivity index (χ0v) is 43.6. The normalized spacial score (nSPS) is 17.9. The molecule has 2 aliphatic carbocycles. The number of aryl methyl sites for hydroxylation is 1. The van der Waals surface area contributed by atoms with Crippen LogP contribution in [0.1, 0.15) is 149 Å². The van der Waals surface area contributed by atoms with E-state index in [-0.39, 0.29) is 39.2 Å². The summed E-state index contributed by atoms with van der Waals surface area (Å²) in [5.74, 6) is 0. The van der Waals surface area contributed by atoms with Crippen molar-refractivity contribution in [2.24, 2.45) is 0 Å². The van der Waals surface area contributed by atoms with Gasteiger partial charge >= 0.3 is 0 Å². The summed E-state index contributed by atoms with van der Waals surface area (Å²) in [5.41, 5.74) is 26.8. The van der Waals surface area contributed by atoms with E-state index in [4.69, 9.17) is 0 Å². The molecule has 68 heavy (non-hydrogen) atoms. The van der Waals surface area contributed by atoms with E-state index in [0.717, 1.165) is 12.8 Å². The third-order valence-electron chi connectivity index (χ3n) is 16.6. The Bertz CT molecular complexity index is 3210. The highest BCUT2D eigenvalue weighted by Crippen LogP contribution is 2.56. The van der Waals surface area contributed by atoms with Gasteiger partial charge < -0.3 is 9.80 Å². The molecule has 11 rings (SSSR count). The molecular formula is C65H71BN2. The summed E-state index contributed by atoms with van der Waals surface area (Å²) in [7, 11) is 0. The molecule has 7 aromatic rings. The second kappa shape index (κ2) is 14.6. The molecule has 0 unspecified atom stereocenters. The molecule has 0 bridgehead atoms. The molecule has 4 aliphatic rings. The number of anilines is 6. The highest BCUT2D eigenvalue weighted by Gasteiger charge is 2.51.